The zero-order chi connectivity index (χ0) is 48.1. The van der Waals surface area contributed by atoms with Gasteiger partial charge in [0.25, 0.3) is 0 Å². The Bertz CT molecular complexity index is 2600. The van der Waals surface area contributed by atoms with Gasteiger partial charge in [0, 0.05) is 54.0 Å². The third-order valence-corrected chi connectivity index (χ3v) is 13.4. The third kappa shape index (κ3) is 9.13. The molecule has 4 fully saturated rings. The first-order valence-corrected chi connectivity index (χ1v) is 22.9. The minimum atomic E-state index is -3.02. The van der Waals surface area contributed by atoms with Crippen molar-refractivity contribution in [3.63, 3.8) is 0 Å². The highest BCUT2D eigenvalue weighted by Gasteiger charge is 2.64. The number of rotatable bonds is 12. The second-order valence-electron chi connectivity index (χ2n) is 16.7. The summed E-state index contributed by atoms with van der Waals surface area (Å²) in [4.78, 5) is 33.6. The first kappa shape index (κ1) is 47.3. The van der Waals surface area contributed by atoms with Gasteiger partial charge < -0.3 is 19.7 Å². The van der Waals surface area contributed by atoms with Gasteiger partial charge in [0.05, 0.1) is 12.1 Å². The molecule has 4 aliphatic rings. The van der Waals surface area contributed by atoms with Crippen LogP contribution in [0.2, 0.25) is 20.1 Å². The van der Waals surface area contributed by atoms with E-state index in [0.29, 0.717) is 42.8 Å². The standard InChI is InChI=1S/2C25H20Cl2F2N2O3/c2*26-17-6-10-19(11-7-17)30-22(15-4-5-15)25(33,16-2-1-3-21(14-16)34-23(28)29)31(24(30)32)20-12-8-18(27)9-13-20/h2*1-3,6-15,22-23,33H,4-5H2/t2*22-,25?/m10/s1. The smallest absolute Gasteiger partial charge is 0.387 e. The first-order valence-electron chi connectivity index (χ1n) is 21.4. The molecular weight excluding hydrogens is 970 g/mol. The van der Waals surface area contributed by atoms with Crippen molar-refractivity contribution in [3.8, 4) is 11.5 Å². The number of carbonyl (C=O) groups excluding carboxylic acids is 2. The minimum absolute atomic E-state index is 0.00148. The number of hydrogen-bond acceptors (Lipinski definition) is 6. The van der Waals surface area contributed by atoms with Crippen LogP contribution >= 0.6 is 46.4 Å². The lowest BCUT2D eigenvalue weighted by Crippen LogP contribution is -2.50. The maximum Gasteiger partial charge on any atom is 0.387 e. The normalized spacial score (nSPS) is 22.5. The Kier molecular flexibility index (Phi) is 13.2. The van der Waals surface area contributed by atoms with E-state index in [1.807, 2.05) is 0 Å². The molecule has 6 aromatic carbocycles. The topological polar surface area (TPSA) is 106 Å². The maximum atomic E-state index is 13.9. The van der Waals surface area contributed by atoms with Crippen LogP contribution in [0.1, 0.15) is 36.8 Å². The average molecular weight is 1010 g/mol. The van der Waals surface area contributed by atoms with Gasteiger partial charge in [-0.3, -0.25) is 19.6 Å². The molecular formula is C50H40Cl4F4N4O6. The Hall–Kier alpha value is -5.74. The zero-order valence-electron chi connectivity index (χ0n) is 35.5. The van der Waals surface area contributed by atoms with Gasteiger partial charge in [-0.05, 0) is 159 Å². The second kappa shape index (κ2) is 19.0. The fourth-order valence-corrected chi connectivity index (χ4v) is 9.72. The summed E-state index contributed by atoms with van der Waals surface area (Å²) < 4.78 is 60.8. The molecule has 2 heterocycles. The predicted octanol–water partition coefficient (Wildman–Crippen LogP) is 13.3. The van der Waals surface area contributed by atoms with Crippen molar-refractivity contribution in [2.24, 2.45) is 11.8 Å². The molecule has 4 atom stereocenters. The molecule has 4 amide bonds. The molecule has 6 aromatic rings. The van der Waals surface area contributed by atoms with Gasteiger partial charge in [0.15, 0.2) is 11.4 Å². The zero-order valence-corrected chi connectivity index (χ0v) is 38.5. The van der Waals surface area contributed by atoms with Crippen molar-refractivity contribution in [2.45, 2.75) is 62.4 Å². The van der Waals surface area contributed by atoms with Crippen molar-refractivity contribution in [3.05, 3.63) is 177 Å². The molecule has 2 saturated carbocycles. The largest absolute Gasteiger partial charge is 0.435 e. The highest BCUT2D eigenvalue weighted by molar-refractivity contribution is 6.31. The fraction of sp³-hybridized carbons (Fsp3) is 0.240. The average Bonchev–Trinajstić information content (AvgIpc) is 4.26. The third-order valence-electron chi connectivity index (χ3n) is 12.3. The van der Waals surface area contributed by atoms with E-state index in [0.717, 1.165) is 25.7 Å². The number of nitrogens with zero attached hydrogens (tertiary/aromatic N) is 4. The van der Waals surface area contributed by atoms with Crippen molar-refractivity contribution >= 4 is 81.2 Å². The second-order valence-corrected chi connectivity index (χ2v) is 18.5. The lowest BCUT2D eigenvalue weighted by Gasteiger charge is -2.37. The molecule has 0 radical (unpaired) electrons. The van der Waals surface area contributed by atoms with Crippen LogP contribution in [0, 0.1) is 11.8 Å². The molecule has 18 heteroatoms. The van der Waals surface area contributed by atoms with Crippen molar-refractivity contribution in [2.75, 3.05) is 19.6 Å². The Balaban J connectivity index is 0.000000170. The van der Waals surface area contributed by atoms with Gasteiger partial charge in [-0.2, -0.15) is 17.6 Å². The quantitative estimate of drug-likeness (QED) is 0.118. The Labute approximate surface area is 408 Å². The van der Waals surface area contributed by atoms with Crippen LogP contribution in [0.15, 0.2) is 146 Å². The van der Waals surface area contributed by atoms with Crippen LogP contribution in [-0.2, 0) is 11.4 Å². The number of alkyl halides is 4. The van der Waals surface area contributed by atoms with Gasteiger partial charge in [-0.1, -0.05) is 70.7 Å². The van der Waals surface area contributed by atoms with Crippen LogP contribution in [0.25, 0.3) is 0 Å². The lowest BCUT2D eigenvalue weighted by atomic mass is 9.90. The fourth-order valence-electron chi connectivity index (χ4n) is 9.21. The maximum absolute atomic E-state index is 13.9. The first-order chi connectivity index (χ1) is 32.6. The molecule has 2 aliphatic heterocycles. The molecule has 0 spiro atoms. The summed E-state index contributed by atoms with van der Waals surface area (Å²) in [6.45, 7) is -6.04. The molecule has 10 rings (SSSR count). The summed E-state index contributed by atoms with van der Waals surface area (Å²) in [7, 11) is 0. The molecule has 0 aromatic heterocycles. The summed E-state index contributed by atoms with van der Waals surface area (Å²) >= 11 is 24.3. The van der Waals surface area contributed by atoms with Gasteiger partial charge in [0.1, 0.15) is 11.5 Å². The number of benzene rings is 6. The summed E-state index contributed by atoms with van der Waals surface area (Å²) in [5, 5.41) is 26.8. The van der Waals surface area contributed by atoms with E-state index in [4.69, 9.17) is 46.4 Å². The van der Waals surface area contributed by atoms with Crippen molar-refractivity contribution < 1.29 is 46.8 Å². The van der Waals surface area contributed by atoms with E-state index in [-0.39, 0.29) is 34.5 Å². The van der Waals surface area contributed by atoms with Gasteiger partial charge in [-0.25, -0.2) is 9.59 Å². The van der Waals surface area contributed by atoms with E-state index >= 15 is 0 Å². The van der Waals surface area contributed by atoms with Gasteiger partial charge >= 0.3 is 25.3 Å². The summed E-state index contributed by atoms with van der Waals surface area (Å²) in [5.74, 6) is -0.212. The molecule has 10 nitrogen and oxygen atoms in total. The molecule has 2 N–H and O–H groups in total. The summed E-state index contributed by atoms with van der Waals surface area (Å²) in [5.41, 5.74) is -1.23. The number of anilines is 4. The molecule has 2 saturated heterocycles. The van der Waals surface area contributed by atoms with Crippen molar-refractivity contribution in [1.29, 1.82) is 0 Å². The van der Waals surface area contributed by atoms with Crippen LogP contribution in [0.4, 0.5) is 49.9 Å². The molecule has 68 heavy (non-hydrogen) atoms. The van der Waals surface area contributed by atoms with E-state index in [2.05, 4.69) is 9.47 Å². The number of urea groups is 2. The van der Waals surface area contributed by atoms with Crippen LogP contribution in [-0.4, -0.2) is 47.6 Å². The van der Waals surface area contributed by atoms with Crippen molar-refractivity contribution in [1.82, 2.24) is 0 Å². The van der Waals surface area contributed by atoms with E-state index in [1.165, 1.54) is 46.2 Å². The van der Waals surface area contributed by atoms with Crippen LogP contribution < -0.4 is 29.1 Å². The SMILES string of the molecule is O=C1N(c2ccc(Cl)cc2)[C@@H](C2CC2)C(O)(c2cccc(OC(F)F)c2)N1c1ccc(Cl)cc1.O=C1N(c2ccc(Cl)cc2)[C@H](C2CC2)C(O)(c2cccc(OC(F)F)c2)N1c1ccc(Cl)cc1. The van der Waals surface area contributed by atoms with E-state index < -0.39 is 48.8 Å². The summed E-state index contributed by atoms with van der Waals surface area (Å²) in [6, 6.07) is 36.1. The van der Waals surface area contributed by atoms with E-state index in [1.54, 1.807) is 119 Å². The van der Waals surface area contributed by atoms with E-state index in [9.17, 15) is 37.4 Å². The van der Waals surface area contributed by atoms with Crippen LogP contribution in [0.3, 0.4) is 0 Å². The molecule has 352 valence electrons. The number of hydrogen-bond donors (Lipinski definition) is 2. The van der Waals surface area contributed by atoms with Gasteiger partial charge in [-0.15, -0.1) is 0 Å². The number of halogens is 8. The molecule has 2 unspecified atom stereocenters. The number of amides is 4. The molecule has 2 aliphatic carbocycles. The Morgan fingerprint density at radius 1 is 0.471 bits per heavy atom. The van der Waals surface area contributed by atoms with Crippen LogP contribution in [0.5, 0.6) is 11.5 Å². The van der Waals surface area contributed by atoms with Gasteiger partial charge in [0.2, 0.25) is 0 Å². The Morgan fingerprint density at radius 2 is 0.765 bits per heavy atom. The number of ether oxygens (including phenoxy) is 2. The minimum Gasteiger partial charge on any atom is -0.435 e. The Morgan fingerprint density at radius 3 is 1.04 bits per heavy atom. The monoisotopic (exact) mass is 1010 g/mol. The number of aliphatic hydroxyl groups is 2. The predicted molar refractivity (Wildman–Crippen MR) is 253 cm³/mol. The highest BCUT2D eigenvalue weighted by Crippen LogP contribution is 2.55. The lowest BCUT2D eigenvalue weighted by molar-refractivity contribution is -0.0509. The number of carbonyl (C=O) groups is 2. The highest BCUT2D eigenvalue weighted by atomic mass is 35.5. The summed E-state index contributed by atoms with van der Waals surface area (Å²) in [6.07, 6.45) is 3.25. The molecule has 0 bridgehead atoms.